The average Bonchev–Trinajstić information content (AvgIpc) is 3.30. The molecule has 5 rings (SSSR count). The summed E-state index contributed by atoms with van der Waals surface area (Å²) >= 11 is 6.23. The fourth-order valence-electron chi connectivity index (χ4n) is 6.92. The van der Waals surface area contributed by atoms with Crippen molar-refractivity contribution in [3.63, 3.8) is 0 Å². The molecule has 1 saturated heterocycles. The quantitative estimate of drug-likeness (QED) is 0.447. The Morgan fingerprint density at radius 3 is 2.62 bits per heavy atom. The van der Waals surface area contributed by atoms with Crippen molar-refractivity contribution >= 4 is 35.0 Å². The van der Waals surface area contributed by atoms with Crippen LogP contribution < -0.4 is 15.4 Å². The number of anilines is 1. The second-order valence-corrected chi connectivity index (χ2v) is 12.6. The van der Waals surface area contributed by atoms with E-state index >= 15 is 0 Å². The number of carbonyl (C=O) groups excluding carboxylic acids is 3. The predicted octanol–water partition coefficient (Wildman–Crippen LogP) is 5.42. The second-order valence-electron chi connectivity index (χ2n) is 12.2. The molecule has 6 atom stereocenters. The number of hydrogen-bond donors (Lipinski definition) is 2. The first kappa shape index (κ1) is 30.1. The summed E-state index contributed by atoms with van der Waals surface area (Å²) < 4.78 is 11.8. The van der Waals surface area contributed by atoms with E-state index < -0.39 is 23.7 Å². The van der Waals surface area contributed by atoms with Crippen LogP contribution in [-0.4, -0.2) is 53.5 Å². The van der Waals surface area contributed by atoms with Gasteiger partial charge in [0.15, 0.2) is 0 Å². The first-order valence-corrected chi connectivity index (χ1v) is 15.1. The van der Waals surface area contributed by atoms with Crippen molar-refractivity contribution in [2.24, 2.45) is 11.8 Å². The first-order chi connectivity index (χ1) is 19.9. The Labute approximate surface area is 252 Å². The van der Waals surface area contributed by atoms with Gasteiger partial charge in [-0.2, -0.15) is 0 Å². The lowest BCUT2D eigenvalue weighted by Crippen LogP contribution is -2.57. The fourth-order valence-corrected chi connectivity index (χ4v) is 7.21. The molecule has 3 amide bonds. The number of halogens is 1. The zero-order valence-electron chi connectivity index (χ0n) is 25.1. The van der Waals surface area contributed by atoms with Crippen molar-refractivity contribution in [3.8, 4) is 5.75 Å². The van der Waals surface area contributed by atoms with Crippen LogP contribution in [0.2, 0.25) is 5.02 Å². The molecule has 2 fully saturated rings. The smallest absolute Gasteiger partial charge is 0.254 e. The SMILES string of the molecule is COc1cccc(CN2C(=O)C3=C(C(=O)Nc4cc(C)cc(Cl)c4)C(C)OC3(C)C2C(=O)NC2CCCC(C)C2C)c1. The Hall–Kier alpha value is -3.36. The summed E-state index contributed by atoms with van der Waals surface area (Å²) in [6, 6.07) is 11.7. The Kier molecular flexibility index (Phi) is 8.41. The number of carbonyl (C=O) groups is 3. The Balaban J connectivity index is 1.53. The molecule has 8 nitrogen and oxygen atoms in total. The number of likely N-dealkylation sites (tertiary alicyclic amines) is 1. The van der Waals surface area contributed by atoms with Crippen molar-refractivity contribution in [2.45, 2.75) is 84.2 Å². The lowest BCUT2D eigenvalue weighted by molar-refractivity contribution is -0.142. The molecule has 0 spiro atoms. The molecule has 2 aromatic carbocycles. The number of ether oxygens (including phenoxy) is 2. The van der Waals surface area contributed by atoms with E-state index in [9.17, 15) is 14.4 Å². The van der Waals surface area contributed by atoms with Crippen LogP contribution in [0.5, 0.6) is 5.75 Å². The zero-order valence-corrected chi connectivity index (χ0v) is 25.9. The number of nitrogens with one attached hydrogen (secondary N) is 2. The highest BCUT2D eigenvalue weighted by Gasteiger charge is 2.63. The van der Waals surface area contributed by atoms with Crippen LogP contribution in [0.15, 0.2) is 53.6 Å². The molecule has 1 aliphatic carbocycles. The Morgan fingerprint density at radius 2 is 1.90 bits per heavy atom. The lowest BCUT2D eigenvalue weighted by atomic mass is 9.78. The molecule has 2 N–H and O–H groups in total. The van der Waals surface area contributed by atoms with Gasteiger partial charge >= 0.3 is 0 Å². The minimum absolute atomic E-state index is 0.000634. The Bertz CT molecular complexity index is 1420. The number of nitrogens with zero attached hydrogens (tertiary/aromatic N) is 1. The number of fused-ring (bicyclic) bond motifs is 1. The van der Waals surface area contributed by atoms with E-state index in [1.165, 1.54) is 0 Å². The number of benzene rings is 2. The second kappa shape index (κ2) is 11.7. The van der Waals surface area contributed by atoms with Crippen molar-refractivity contribution in [2.75, 3.05) is 12.4 Å². The summed E-state index contributed by atoms with van der Waals surface area (Å²) in [4.78, 5) is 43.7. The molecular weight excluding hydrogens is 554 g/mol. The summed E-state index contributed by atoms with van der Waals surface area (Å²) in [5.41, 5.74) is 1.34. The molecule has 2 aliphatic heterocycles. The van der Waals surface area contributed by atoms with Gasteiger partial charge in [-0.1, -0.05) is 50.4 Å². The normalized spacial score (nSPS) is 29.0. The van der Waals surface area contributed by atoms with Gasteiger partial charge in [0.2, 0.25) is 5.91 Å². The zero-order chi connectivity index (χ0) is 30.3. The molecule has 0 aromatic heterocycles. The third-order valence-corrected chi connectivity index (χ3v) is 9.43. The van der Waals surface area contributed by atoms with Gasteiger partial charge in [-0.15, -0.1) is 0 Å². The topological polar surface area (TPSA) is 97.0 Å². The maximum atomic E-state index is 14.3. The number of aryl methyl sites for hydroxylation is 1. The van der Waals surface area contributed by atoms with Crippen molar-refractivity contribution in [3.05, 3.63) is 69.8 Å². The highest BCUT2D eigenvalue weighted by molar-refractivity contribution is 6.31. The van der Waals surface area contributed by atoms with E-state index in [4.69, 9.17) is 21.1 Å². The van der Waals surface area contributed by atoms with Crippen LogP contribution in [0.3, 0.4) is 0 Å². The lowest BCUT2D eigenvalue weighted by Gasteiger charge is -2.38. The highest BCUT2D eigenvalue weighted by atomic mass is 35.5. The third-order valence-electron chi connectivity index (χ3n) is 9.22. The molecule has 2 heterocycles. The fraction of sp³-hybridized carbons (Fsp3) is 0.485. The van der Waals surface area contributed by atoms with E-state index in [0.29, 0.717) is 28.3 Å². The average molecular weight is 594 g/mol. The molecule has 0 bridgehead atoms. The summed E-state index contributed by atoms with van der Waals surface area (Å²) in [6.45, 7) is 9.93. The molecule has 6 unspecified atom stereocenters. The van der Waals surface area contributed by atoms with Crippen molar-refractivity contribution in [1.29, 1.82) is 0 Å². The van der Waals surface area contributed by atoms with Crippen LogP contribution in [0.1, 0.15) is 58.1 Å². The molecule has 0 radical (unpaired) electrons. The van der Waals surface area contributed by atoms with Gasteiger partial charge in [-0.3, -0.25) is 14.4 Å². The molecular formula is C33H40ClN3O5. The minimum atomic E-state index is -1.32. The standard InChI is InChI=1S/C33H40ClN3O5/c1-18-13-23(34)16-24(14-18)35-30(38)27-21(4)42-33(5)28(27)32(40)37(17-22-10-8-11-25(15-22)41-6)29(33)31(39)36-26-12-7-9-19(2)20(26)3/h8,10-11,13-16,19-21,26,29H,7,9,12,17H2,1-6H3,(H,35,38)(H,36,39). The van der Waals surface area contributed by atoms with E-state index in [-0.39, 0.29) is 35.5 Å². The summed E-state index contributed by atoms with van der Waals surface area (Å²) in [5.74, 6) is 0.337. The summed E-state index contributed by atoms with van der Waals surface area (Å²) in [5, 5.41) is 6.66. The van der Waals surface area contributed by atoms with Gasteiger partial charge in [-0.25, -0.2) is 0 Å². The minimum Gasteiger partial charge on any atom is -0.497 e. The van der Waals surface area contributed by atoms with E-state index in [1.54, 1.807) is 38.0 Å². The van der Waals surface area contributed by atoms with Crippen LogP contribution in [0, 0.1) is 18.8 Å². The van der Waals surface area contributed by atoms with E-state index in [0.717, 1.165) is 30.4 Å². The van der Waals surface area contributed by atoms with Gasteiger partial charge in [0.25, 0.3) is 11.8 Å². The molecule has 3 aliphatic rings. The molecule has 42 heavy (non-hydrogen) atoms. The first-order valence-electron chi connectivity index (χ1n) is 14.7. The van der Waals surface area contributed by atoms with Crippen LogP contribution in [0.25, 0.3) is 0 Å². The number of amides is 3. The summed E-state index contributed by atoms with van der Waals surface area (Å²) in [7, 11) is 1.58. The van der Waals surface area contributed by atoms with Gasteiger partial charge in [0.05, 0.1) is 24.4 Å². The van der Waals surface area contributed by atoms with Gasteiger partial charge in [-0.05, 0) is 80.5 Å². The van der Waals surface area contributed by atoms with E-state index in [1.807, 2.05) is 37.3 Å². The van der Waals surface area contributed by atoms with Crippen LogP contribution >= 0.6 is 11.6 Å². The number of rotatable bonds is 7. The van der Waals surface area contributed by atoms with Crippen LogP contribution in [-0.2, 0) is 25.7 Å². The molecule has 224 valence electrons. The van der Waals surface area contributed by atoms with Gasteiger partial charge in [0.1, 0.15) is 17.4 Å². The number of hydrogen-bond acceptors (Lipinski definition) is 5. The molecule has 9 heteroatoms. The molecule has 2 aromatic rings. The Morgan fingerprint density at radius 1 is 1.14 bits per heavy atom. The highest BCUT2D eigenvalue weighted by Crippen LogP contribution is 2.47. The maximum Gasteiger partial charge on any atom is 0.254 e. The van der Waals surface area contributed by atoms with Crippen molar-refractivity contribution in [1.82, 2.24) is 10.2 Å². The molecule has 1 saturated carbocycles. The van der Waals surface area contributed by atoms with Gasteiger partial charge in [0, 0.05) is 23.3 Å². The summed E-state index contributed by atoms with van der Waals surface area (Å²) in [6.07, 6.45) is 2.36. The maximum absolute atomic E-state index is 14.3. The van der Waals surface area contributed by atoms with E-state index in [2.05, 4.69) is 24.5 Å². The predicted molar refractivity (Wildman–Crippen MR) is 162 cm³/mol. The van der Waals surface area contributed by atoms with Crippen LogP contribution in [0.4, 0.5) is 5.69 Å². The van der Waals surface area contributed by atoms with Crippen molar-refractivity contribution < 1.29 is 23.9 Å². The van der Waals surface area contributed by atoms with Gasteiger partial charge < -0.3 is 25.0 Å². The monoisotopic (exact) mass is 593 g/mol. The number of methoxy groups -OCH3 is 1. The third kappa shape index (κ3) is 5.54. The largest absolute Gasteiger partial charge is 0.497 e.